The Morgan fingerprint density at radius 3 is 2.36 bits per heavy atom. The van der Waals surface area contributed by atoms with Gasteiger partial charge in [-0.05, 0) is 30.2 Å². The Morgan fingerprint density at radius 1 is 1.08 bits per heavy atom. The number of ether oxygens (including phenoxy) is 2. The standard InChI is InChI=1S/C19H24N2O4/c1-19(13-22,15-7-5-4-6-8-15)21-18(23)20-12-14-9-10-16(24-2)17(11-14)25-3/h4-11,22H,12-13H2,1-3H3,(H2,20,21,23)/t19-/m0/s1. The van der Waals surface area contributed by atoms with E-state index in [0.717, 1.165) is 11.1 Å². The molecule has 6 heteroatoms. The number of methoxy groups -OCH3 is 2. The van der Waals surface area contributed by atoms with Crippen molar-refractivity contribution < 1.29 is 19.4 Å². The fourth-order valence-electron chi connectivity index (χ4n) is 2.48. The lowest BCUT2D eigenvalue weighted by molar-refractivity contribution is 0.171. The number of urea groups is 1. The van der Waals surface area contributed by atoms with E-state index in [1.54, 1.807) is 27.2 Å². The maximum atomic E-state index is 12.3. The van der Waals surface area contributed by atoms with E-state index in [-0.39, 0.29) is 12.6 Å². The van der Waals surface area contributed by atoms with Gasteiger partial charge in [0.2, 0.25) is 0 Å². The Balaban J connectivity index is 2.00. The summed E-state index contributed by atoms with van der Waals surface area (Å²) in [6.07, 6.45) is 0. The van der Waals surface area contributed by atoms with E-state index in [0.29, 0.717) is 18.0 Å². The van der Waals surface area contributed by atoms with Gasteiger partial charge in [-0.15, -0.1) is 0 Å². The molecule has 0 fully saturated rings. The third kappa shape index (κ3) is 4.64. The van der Waals surface area contributed by atoms with Crippen LogP contribution in [-0.4, -0.2) is 32.0 Å². The molecule has 0 saturated heterocycles. The van der Waals surface area contributed by atoms with Crippen LogP contribution < -0.4 is 20.1 Å². The predicted molar refractivity (Wildman–Crippen MR) is 95.8 cm³/mol. The van der Waals surface area contributed by atoms with Crippen LogP contribution in [0.25, 0.3) is 0 Å². The molecule has 6 nitrogen and oxygen atoms in total. The largest absolute Gasteiger partial charge is 0.493 e. The van der Waals surface area contributed by atoms with Gasteiger partial charge in [0, 0.05) is 6.54 Å². The molecule has 1 atom stereocenters. The molecule has 0 saturated carbocycles. The van der Waals surface area contributed by atoms with Gasteiger partial charge in [-0.3, -0.25) is 0 Å². The van der Waals surface area contributed by atoms with Crippen molar-refractivity contribution in [3.8, 4) is 11.5 Å². The van der Waals surface area contributed by atoms with Crippen LogP contribution >= 0.6 is 0 Å². The first kappa shape index (κ1) is 18.6. The molecule has 0 spiro atoms. The smallest absolute Gasteiger partial charge is 0.315 e. The fraction of sp³-hybridized carbons (Fsp3) is 0.316. The van der Waals surface area contributed by atoms with Crippen molar-refractivity contribution in [2.24, 2.45) is 0 Å². The number of aliphatic hydroxyl groups excluding tert-OH is 1. The Morgan fingerprint density at radius 2 is 1.76 bits per heavy atom. The zero-order valence-electron chi connectivity index (χ0n) is 14.7. The number of carbonyl (C=O) groups is 1. The van der Waals surface area contributed by atoms with Crippen LogP contribution in [0.1, 0.15) is 18.1 Å². The molecule has 2 rings (SSSR count). The van der Waals surface area contributed by atoms with Gasteiger partial charge in [-0.1, -0.05) is 36.4 Å². The lowest BCUT2D eigenvalue weighted by Gasteiger charge is -2.29. The van der Waals surface area contributed by atoms with Crippen LogP contribution in [0.3, 0.4) is 0 Å². The lowest BCUT2D eigenvalue weighted by atomic mass is 9.93. The van der Waals surface area contributed by atoms with E-state index in [1.165, 1.54) is 0 Å². The van der Waals surface area contributed by atoms with E-state index in [4.69, 9.17) is 9.47 Å². The Labute approximate surface area is 147 Å². The summed E-state index contributed by atoms with van der Waals surface area (Å²) < 4.78 is 10.4. The monoisotopic (exact) mass is 344 g/mol. The SMILES string of the molecule is COc1ccc(CNC(=O)N[C@@](C)(CO)c2ccccc2)cc1OC. The topological polar surface area (TPSA) is 79.8 Å². The maximum Gasteiger partial charge on any atom is 0.315 e. The third-order valence-electron chi connectivity index (χ3n) is 4.02. The van der Waals surface area contributed by atoms with Crippen LogP contribution in [-0.2, 0) is 12.1 Å². The number of aliphatic hydroxyl groups is 1. The summed E-state index contributed by atoms with van der Waals surface area (Å²) in [5.41, 5.74) is 0.847. The second-order valence-electron chi connectivity index (χ2n) is 5.85. The van der Waals surface area contributed by atoms with Crippen LogP contribution in [0.5, 0.6) is 11.5 Å². The molecular weight excluding hydrogens is 320 g/mol. The van der Waals surface area contributed by atoms with Gasteiger partial charge in [0.15, 0.2) is 11.5 Å². The van der Waals surface area contributed by atoms with Crippen molar-refractivity contribution in [3.05, 3.63) is 59.7 Å². The predicted octanol–water partition coefficient (Wildman–Crippen LogP) is 2.41. The summed E-state index contributed by atoms with van der Waals surface area (Å²) in [7, 11) is 3.14. The minimum atomic E-state index is -0.858. The van der Waals surface area contributed by atoms with Crippen molar-refractivity contribution in [2.75, 3.05) is 20.8 Å². The first-order chi connectivity index (χ1) is 12.0. The molecule has 2 amide bonds. The number of hydrogen-bond acceptors (Lipinski definition) is 4. The number of rotatable bonds is 7. The van der Waals surface area contributed by atoms with Crippen molar-refractivity contribution in [2.45, 2.75) is 19.0 Å². The minimum absolute atomic E-state index is 0.208. The summed E-state index contributed by atoms with van der Waals surface area (Å²) >= 11 is 0. The van der Waals surface area contributed by atoms with Gasteiger partial charge < -0.3 is 25.2 Å². The van der Waals surface area contributed by atoms with Gasteiger partial charge in [0.1, 0.15) is 0 Å². The highest BCUT2D eigenvalue weighted by Gasteiger charge is 2.27. The normalized spacial score (nSPS) is 12.8. The summed E-state index contributed by atoms with van der Waals surface area (Å²) in [5, 5.41) is 15.3. The lowest BCUT2D eigenvalue weighted by Crippen LogP contribution is -2.50. The minimum Gasteiger partial charge on any atom is -0.493 e. The van der Waals surface area contributed by atoms with Crippen LogP contribution in [0.2, 0.25) is 0 Å². The molecule has 0 radical (unpaired) electrons. The molecule has 0 aliphatic heterocycles. The average molecular weight is 344 g/mol. The van der Waals surface area contributed by atoms with E-state index in [9.17, 15) is 9.90 Å². The molecule has 2 aromatic carbocycles. The van der Waals surface area contributed by atoms with Gasteiger partial charge in [-0.25, -0.2) is 4.79 Å². The first-order valence-electron chi connectivity index (χ1n) is 7.95. The van der Waals surface area contributed by atoms with Gasteiger partial charge in [0.05, 0.1) is 26.4 Å². The Bertz CT molecular complexity index is 706. The number of nitrogens with one attached hydrogen (secondary N) is 2. The zero-order chi connectivity index (χ0) is 18.3. The van der Waals surface area contributed by atoms with Gasteiger partial charge >= 0.3 is 6.03 Å². The highest BCUT2D eigenvalue weighted by atomic mass is 16.5. The van der Waals surface area contributed by atoms with Crippen LogP contribution in [0.4, 0.5) is 4.79 Å². The van der Waals surface area contributed by atoms with Crippen molar-refractivity contribution in [1.82, 2.24) is 10.6 Å². The number of amides is 2. The molecular formula is C19H24N2O4. The molecule has 2 aromatic rings. The fourth-order valence-corrected chi connectivity index (χ4v) is 2.48. The van der Waals surface area contributed by atoms with Crippen LogP contribution in [0.15, 0.2) is 48.5 Å². The maximum absolute atomic E-state index is 12.3. The highest BCUT2D eigenvalue weighted by molar-refractivity contribution is 5.75. The summed E-state index contributed by atoms with van der Waals surface area (Å²) in [6, 6.07) is 14.4. The second kappa shape index (κ2) is 8.39. The second-order valence-corrected chi connectivity index (χ2v) is 5.85. The molecule has 0 unspecified atom stereocenters. The summed E-state index contributed by atoms with van der Waals surface area (Å²) in [4.78, 5) is 12.3. The summed E-state index contributed by atoms with van der Waals surface area (Å²) in [6.45, 7) is 1.89. The molecule has 3 N–H and O–H groups in total. The van der Waals surface area contributed by atoms with Crippen molar-refractivity contribution >= 4 is 6.03 Å². The molecule has 0 aliphatic carbocycles. The Kier molecular flexibility index (Phi) is 6.25. The van der Waals surface area contributed by atoms with E-state index in [2.05, 4.69) is 10.6 Å². The number of benzene rings is 2. The molecule has 0 heterocycles. The zero-order valence-corrected chi connectivity index (χ0v) is 14.7. The summed E-state index contributed by atoms with van der Waals surface area (Å²) in [5.74, 6) is 1.24. The van der Waals surface area contributed by atoms with Crippen LogP contribution in [0, 0.1) is 0 Å². The average Bonchev–Trinajstić information content (AvgIpc) is 2.66. The quantitative estimate of drug-likeness (QED) is 0.721. The first-order valence-corrected chi connectivity index (χ1v) is 7.95. The van der Waals surface area contributed by atoms with E-state index >= 15 is 0 Å². The highest BCUT2D eigenvalue weighted by Crippen LogP contribution is 2.27. The van der Waals surface area contributed by atoms with Crippen molar-refractivity contribution in [1.29, 1.82) is 0 Å². The molecule has 25 heavy (non-hydrogen) atoms. The molecule has 134 valence electrons. The van der Waals surface area contributed by atoms with E-state index < -0.39 is 5.54 Å². The van der Waals surface area contributed by atoms with Crippen molar-refractivity contribution in [3.63, 3.8) is 0 Å². The van der Waals surface area contributed by atoms with Gasteiger partial charge in [0.25, 0.3) is 0 Å². The third-order valence-corrected chi connectivity index (χ3v) is 4.02. The molecule has 0 aromatic heterocycles. The molecule has 0 bridgehead atoms. The van der Waals surface area contributed by atoms with E-state index in [1.807, 2.05) is 42.5 Å². The molecule has 0 aliphatic rings. The Hall–Kier alpha value is -2.73. The number of hydrogen-bond donors (Lipinski definition) is 3. The number of carbonyl (C=O) groups excluding carboxylic acids is 1. The van der Waals surface area contributed by atoms with Gasteiger partial charge in [-0.2, -0.15) is 0 Å².